The van der Waals surface area contributed by atoms with Crippen molar-refractivity contribution in [1.29, 1.82) is 0 Å². The molecule has 0 saturated carbocycles. The number of amides is 1. The predicted molar refractivity (Wildman–Crippen MR) is 104 cm³/mol. The van der Waals surface area contributed by atoms with Crippen molar-refractivity contribution in [1.82, 2.24) is 9.88 Å². The Morgan fingerprint density at radius 2 is 1.89 bits per heavy atom. The molecule has 1 N–H and O–H groups in total. The third-order valence-corrected chi connectivity index (χ3v) is 5.29. The fraction of sp³-hybridized carbons (Fsp3) is 0.318. The SMILES string of the molecule is COc1ccc(-c2[nH]c3ccc(F)cc3c2CCC(=O)N2CCCC2)cc1. The average Bonchev–Trinajstić information content (AvgIpc) is 3.34. The molecular formula is C22H23FN2O2. The Labute approximate surface area is 157 Å². The minimum atomic E-state index is -0.269. The molecule has 2 aromatic carbocycles. The number of nitrogens with one attached hydrogen (secondary N) is 1. The Morgan fingerprint density at radius 3 is 2.59 bits per heavy atom. The number of fused-ring (bicyclic) bond motifs is 1. The highest BCUT2D eigenvalue weighted by molar-refractivity contribution is 5.91. The first kappa shape index (κ1) is 17.6. The predicted octanol–water partition coefficient (Wildman–Crippen LogP) is 4.54. The number of aryl methyl sites for hydroxylation is 1. The molecule has 1 aliphatic heterocycles. The van der Waals surface area contributed by atoms with Crippen LogP contribution >= 0.6 is 0 Å². The van der Waals surface area contributed by atoms with Crippen LogP contribution in [-0.4, -0.2) is 36.0 Å². The molecule has 27 heavy (non-hydrogen) atoms. The number of hydrogen-bond acceptors (Lipinski definition) is 2. The van der Waals surface area contributed by atoms with E-state index in [1.165, 1.54) is 6.07 Å². The molecule has 0 radical (unpaired) electrons. The summed E-state index contributed by atoms with van der Waals surface area (Å²) in [5.41, 5.74) is 3.80. The topological polar surface area (TPSA) is 45.3 Å². The first-order valence-electron chi connectivity index (χ1n) is 9.38. The van der Waals surface area contributed by atoms with Crippen molar-refractivity contribution in [3.63, 3.8) is 0 Å². The summed E-state index contributed by atoms with van der Waals surface area (Å²) in [7, 11) is 1.64. The summed E-state index contributed by atoms with van der Waals surface area (Å²) in [5.74, 6) is 0.695. The van der Waals surface area contributed by atoms with Crippen LogP contribution < -0.4 is 4.74 Å². The molecule has 4 nitrogen and oxygen atoms in total. The smallest absolute Gasteiger partial charge is 0.222 e. The van der Waals surface area contributed by atoms with Crippen LogP contribution in [0.25, 0.3) is 22.2 Å². The molecule has 1 aliphatic rings. The highest BCUT2D eigenvalue weighted by Crippen LogP contribution is 2.33. The van der Waals surface area contributed by atoms with Crippen LogP contribution in [-0.2, 0) is 11.2 Å². The Bertz CT molecular complexity index is 956. The fourth-order valence-corrected chi connectivity index (χ4v) is 3.84. The molecule has 0 aliphatic carbocycles. The second-order valence-electron chi connectivity index (χ2n) is 6.98. The van der Waals surface area contributed by atoms with Gasteiger partial charge in [0.05, 0.1) is 7.11 Å². The number of methoxy groups -OCH3 is 1. The van der Waals surface area contributed by atoms with Crippen molar-refractivity contribution < 1.29 is 13.9 Å². The Morgan fingerprint density at radius 1 is 1.15 bits per heavy atom. The second kappa shape index (κ2) is 7.43. The molecule has 4 rings (SSSR count). The lowest BCUT2D eigenvalue weighted by molar-refractivity contribution is -0.130. The number of carbonyl (C=O) groups is 1. The quantitative estimate of drug-likeness (QED) is 0.721. The van der Waals surface area contributed by atoms with E-state index in [1.807, 2.05) is 29.2 Å². The summed E-state index contributed by atoms with van der Waals surface area (Å²) in [6, 6.07) is 12.5. The summed E-state index contributed by atoms with van der Waals surface area (Å²) in [6.07, 6.45) is 3.19. The van der Waals surface area contributed by atoms with E-state index >= 15 is 0 Å². The second-order valence-corrected chi connectivity index (χ2v) is 6.98. The summed E-state index contributed by atoms with van der Waals surface area (Å²) in [4.78, 5) is 17.8. The summed E-state index contributed by atoms with van der Waals surface area (Å²) in [6.45, 7) is 1.71. The van der Waals surface area contributed by atoms with Crippen molar-refractivity contribution in [2.24, 2.45) is 0 Å². The van der Waals surface area contributed by atoms with Crippen LogP contribution in [0, 0.1) is 5.82 Å². The van der Waals surface area contributed by atoms with Gasteiger partial charge in [-0.05, 0) is 72.9 Å². The van der Waals surface area contributed by atoms with E-state index in [4.69, 9.17) is 4.74 Å². The van der Waals surface area contributed by atoms with E-state index in [9.17, 15) is 9.18 Å². The number of nitrogens with zero attached hydrogens (tertiary/aromatic N) is 1. The lowest BCUT2D eigenvalue weighted by Crippen LogP contribution is -2.27. The van der Waals surface area contributed by atoms with Crippen molar-refractivity contribution >= 4 is 16.8 Å². The average molecular weight is 366 g/mol. The van der Waals surface area contributed by atoms with Gasteiger partial charge in [-0.25, -0.2) is 4.39 Å². The highest BCUT2D eigenvalue weighted by Gasteiger charge is 2.20. The van der Waals surface area contributed by atoms with Gasteiger partial charge < -0.3 is 14.6 Å². The fourth-order valence-electron chi connectivity index (χ4n) is 3.84. The number of carbonyl (C=O) groups excluding carboxylic acids is 1. The van der Waals surface area contributed by atoms with E-state index in [0.717, 1.165) is 59.4 Å². The lowest BCUT2D eigenvalue weighted by atomic mass is 10.0. The van der Waals surface area contributed by atoms with Gasteiger partial charge in [-0.2, -0.15) is 0 Å². The minimum Gasteiger partial charge on any atom is -0.497 e. The van der Waals surface area contributed by atoms with Crippen LogP contribution in [0.1, 0.15) is 24.8 Å². The van der Waals surface area contributed by atoms with Gasteiger partial charge >= 0.3 is 0 Å². The van der Waals surface area contributed by atoms with Crippen LogP contribution in [0.2, 0.25) is 0 Å². The maximum absolute atomic E-state index is 13.9. The van der Waals surface area contributed by atoms with Crippen LogP contribution in [0.15, 0.2) is 42.5 Å². The van der Waals surface area contributed by atoms with Crippen molar-refractivity contribution in [2.45, 2.75) is 25.7 Å². The number of hydrogen-bond donors (Lipinski definition) is 1. The first-order valence-corrected chi connectivity index (χ1v) is 9.38. The third kappa shape index (κ3) is 3.54. The molecule has 140 valence electrons. The maximum Gasteiger partial charge on any atom is 0.222 e. The molecule has 0 bridgehead atoms. The highest BCUT2D eigenvalue weighted by atomic mass is 19.1. The molecule has 0 spiro atoms. The first-order chi connectivity index (χ1) is 13.2. The molecular weight excluding hydrogens is 343 g/mol. The van der Waals surface area contributed by atoms with Crippen LogP contribution in [0.5, 0.6) is 5.75 Å². The van der Waals surface area contributed by atoms with E-state index in [0.29, 0.717) is 12.8 Å². The van der Waals surface area contributed by atoms with Crippen molar-refractivity contribution in [3.8, 4) is 17.0 Å². The zero-order valence-electron chi connectivity index (χ0n) is 15.4. The van der Waals surface area contributed by atoms with Crippen molar-refractivity contribution in [3.05, 3.63) is 53.8 Å². The molecule has 0 unspecified atom stereocenters. The molecule has 0 atom stereocenters. The zero-order valence-corrected chi connectivity index (χ0v) is 15.4. The van der Waals surface area contributed by atoms with E-state index < -0.39 is 0 Å². The molecule has 1 aromatic heterocycles. The number of benzene rings is 2. The van der Waals surface area contributed by atoms with E-state index in [1.54, 1.807) is 19.2 Å². The molecule has 1 fully saturated rings. The van der Waals surface area contributed by atoms with Gasteiger partial charge in [0.2, 0.25) is 5.91 Å². The Kier molecular flexibility index (Phi) is 4.84. The largest absolute Gasteiger partial charge is 0.497 e. The molecule has 3 aromatic rings. The number of halogens is 1. The number of ether oxygens (including phenoxy) is 1. The maximum atomic E-state index is 13.9. The number of aromatic amines is 1. The normalized spacial score (nSPS) is 14.1. The minimum absolute atomic E-state index is 0.180. The third-order valence-electron chi connectivity index (χ3n) is 5.29. The monoisotopic (exact) mass is 366 g/mol. The van der Waals surface area contributed by atoms with Gasteiger partial charge in [0.1, 0.15) is 11.6 Å². The summed E-state index contributed by atoms with van der Waals surface area (Å²) < 4.78 is 19.1. The number of H-pyrrole nitrogens is 1. The number of likely N-dealkylation sites (tertiary alicyclic amines) is 1. The summed E-state index contributed by atoms with van der Waals surface area (Å²) >= 11 is 0. The van der Waals surface area contributed by atoms with Crippen molar-refractivity contribution in [2.75, 3.05) is 20.2 Å². The molecule has 1 amide bonds. The number of aromatic nitrogens is 1. The van der Waals surface area contributed by atoms with E-state index in [2.05, 4.69) is 4.98 Å². The number of rotatable bonds is 5. The zero-order chi connectivity index (χ0) is 18.8. The molecule has 5 heteroatoms. The van der Waals surface area contributed by atoms with E-state index in [-0.39, 0.29) is 11.7 Å². The Hall–Kier alpha value is -2.82. The standard InChI is InChI=1S/C22H23FN2O2/c1-27-17-7-4-15(5-8-17)22-18(9-11-21(26)25-12-2-3-13-25)19-14-16(23)6-10-20(19)24-22/h4-8,10,14,24H,2-3,9,11-13H2,1H3. The van der Waals surface area contributed by atoms with Gasteiger partial charge in [0, 0.05) is 36.1 Å². The van der Waals surface area contributed by atoms with Crippen LogP contribution in [0.4, 0.5) is 4.39 Å². The lowest BCUT2D eigenvalue weighted by Gasteiger charge is -2.15. The van der Waals surface area contributed by atoms with Gasteiger partial charge in [-0.3, -0.25) is 4.79 Å². The molecule has 1 saturated heterocycles. The van der Waals surface area contributed by atoms with Gasteiger partial charge in [0.25, 0.3) is 0 Å². The Balaban J connectivity index is 1.69. The molecule has 2 heterocycles. The summed E-state index contributed by atoms with van der Waals surface area (Å²) in [5, 5.41) is 0.843. The van der Waals surface area contributed by atoms with Gasteiger partial charge in [-0.1, -0.05) is 0 Å². The van der Waals surface area contributed by atoms with Gasteiger partial charge in [-0.15, -0.1) is 0 Å². The van der Waals surface area contributed by atoms with Gasteiger partial charge in [0.15, 0.2) is 0 Å². The van der Waals surface area contributed by atoms with Crippen LogP contribution in [0.3, 0.4) is 0 Å².